The van der Waals surface area contributed by atoms with E-state index in [-0.39, 0.29) is 5.75 Å². The maximum absolute atomic E-state index is 9.26. The van der Waals surface area contributed by atoms with E-state index < -0.39 is 0 Å². The van der Waals surface area contributed by atoms with Gasteiger partial charge in [0.05, 0.1) is 0 Å². The van der Waals surface area contributed by atoms with Gasteiger partial charge < -0.3 is 10.1 Å². The van der Waals surface area contributed by atoms with Gasteiger partial charge in [-0.15, -0.1) is 0 Å². The number of nitrogens with one attached hydrogen (secondary N) is 1. The number of pyridine rings is 1. The summed E-state index contributed by atoms with van der Waals surface area (Å²) in [5.74, 6) is 0.161. The molecule has 0 atom stereocenters. The van der Waals surface area contributed by atoms with E-state index in [0.29, 0.717) is 11.2 Å². The molecular weight excluding hydrogens is 257 g/mol. The van der Waals surface area contributed by atoms with E-state index >= 15 is 0 Å². The molecule has 11 heavy (non-hydrogen) atoms. The molecule has 2 N–H and O–H groups in total. The lowest BCUT2D eigenvalue weighted by Gasteiger charge is -1.88. The fourth-order valence-electron chi connectivity index (χ4n) is 0.869. The molecule has 0 fully saturated rings. The number of hydrogen-bond donors (Lipinski definition) is 2. The quantitative estimate of drug-likeness (QED) is 0.702. The van der Waals surface area contributed by atoms with Crippen LogP contribution in [0.25, 0.3) is 11.2 Å². The Morgan fingerprint density at radius 1 is 1.55 bits per heavy atom. The van der Waals surface area contributed by atoms with Crippen LogP contribution in [-0.4, -0.2) is 20.1 Å². The van der Waals surface area contributed by atoms with Crippen molar-refractivity contribution in [3.8, 4) is 5.75 Å². The minimum atomic E-state index is 0.161. The summed E-state index contributed by atoms with van der Waals surface area (Å²) in [5, 5.41) is 9.26. The lowest BCUT2D eigenvalue weighted by Crippen LogP contribution is -1.74. The molecule has 5 heteroatoms. The Hall–Kier alpha value is -0.850. The molecule has 56 valence electrons. The average molecular weight is 261 g/mol. The summed E-state index contributed by atoms with van der Waals surface area (Å²) >= 11 is 2.03. The largest absolute Gasteiger partial charge is 0.505 e. The zero-order valence-electron chi connectivity index (χ0n) is 5.37. The second-order valence-electron chi connectivity index (χ2n) is 2.05. The summed E-state index contributed by atoms with van der Waals surface area (Å²) in [4.78, 5) is 10.9. The van der Waals surface area contributed by atoms with Crippen molar-refractivity contribution in [1.29, 1.82) is 0 Å². The summed E-state index contributed by atoms with van der Waals surface area (Å²) < 4.78 is 0.728. The Morgan fingerprint density at radius 3 is 3.09 bits per heavy atom. The van der Waals surface area contributed by atoms with E-state index in [1.165, 1.54) is 12.3 Å². The van der Waals surface area contributed by atoms with Crippen molar-refractivity contribution in [2.45, 2.75) is 0 Å². The highest BCUT2D eigenvalue weighted by Crippen LogP contribution is 2.19. The van der Waals surface area contributed by atoms with Crippen molar-refractivity contribution in [1.82, 2.24) is 15.0 Å². The molecule has 0 spiro atoms. The van der Waals surface area contributed by atoms with Crippen LogP contribution in [0.3, 0.4) is 0 Å². The van der Waals surface area contributed by atoms with Crippen LogP contribution in [0.1, 0.15) is 0 Å². The monoisotopic (exact) mass is 261 g/mol. The number of rotatable bonds is 0. The molecule has 0 unspecified atom stereocenters. The van der Waals surface area contributed by atoms with Gasteiger partial charge in [-0.05, 0) is 22.6 Å². The molecular formula is C6H4IN3O. The summed E-state index contributed by atoms with van der Waals surface area (Å²) in [6.45, 7) is 0. The molecule has 0 saturated heterocycles. The Labute approximate surface area is 75.8 Å². The molecule has 4 nitrogen and oxygen atoms in total. The number of fused-ring (bicyclic) bond motifs is 1. The van der Waals surface area contributed by atoms with Gasteiger partial charge in [0.1, 0.15) is 5.75 Å². The Morgan fingerprint density at radius 2 is 2.36 bits per heavy atom. The highest BCUT2D eigenvalue weighted by atomic mass is 127. The summed E-state index contributed by atoms with van der Waals surface area (Å²) in [5.41, 5.74) is 1.14. The standard InChI is InChI=1S/C6H4IN3O/c7-6-9-4-3(11)1-2-8-5(4)10-6/h1-2H,(H2,8,9,10,11). The van der Waals surface area contributed by atoms with Gasteiger partial charge in [-0.25, -0.2) is 9.97 Å². The van der Waals surface area contributed by atoms with E-state index in [9.17, 15) is 5.11 Å². The maximum atomic E-state index is 9.26. The van der Waals surface area contributed by atoms with Crippen LogP contribution < -0.4 is 0 Å². The number of H-pyrrole nitrogens is 1. The second-order valence-corrected chi connectivity index (χ2v) is 3.08. The molecule has 0 aliphatic carbocycles. The Balaban J connectivity index is 2.90. The number of nitrogens with zero attached hydrogens (tertiary/aromatic N) is 2. The third kappa shape index (κ3) is 1.05. The lowest BCUT2D eigenvalue weighted by atomic mass is 10.4. The smallest absolute Gasteiger partial charge is 0.171 e. The highest BCUT2D eigenvalue weighted by molar-refractivity contribution is 14.1. The predicted octanol–water partition coefficient (Wildman–Crippen LogP) is 1.27. The molecule has 0 amide bonds. The number of imidazole rings is 1. The molecule has 0 aliphatic heterocycles. The van der Waals surface area contributed by atoms with Crippen molar-refractivity contribution >= 4 is 33.8 Å². The Kier molecular flexibility index (Phi) is 1.45. The van der Waals surface area contributed by atoms with Crippen LogP contribution >= 0.6 is 22.6 Å². The van der Waals surface area contributed by atoms with E-state index in [2.05, 4.69) is 15.0 Å². The SMILES string of the molecule is Oc1ccnc2[nH]c(I)nc12. The first-order valence-corrected chi connectivity index (χ1v) is 4.04. The van der Waals surface area contributed by atoms with Crippen LogP contribution in [0.4, 0.5) is 0 Å². The summed E-state index contributed by atoms with van der Waals surface area (Å²) in [6.07, 6.45) is 1.53. The number of aromatic amines is 1. The molecule has 2 aromatic rings. The number of hydrogen-bond acceptors (Lipinski definition) is 3. The first-order chi connectivity index (χ1) is 5.27. The third-order valence-corrected chi connectivity index (χ3v) is 1.85. The Bertz CT molecular complexity index is 398. The molecule has 0 radical (unpaired) electrons. The zero-order valence-corrected chi connectivity index (χ0v) is 7.53. The summed E-state index contributed by atoms with van der Waals surface area (Å²) in [7, 11) is 0. The summed E-state index contributed by atoms with van der Waals surface area (Å²) in [6, 6.07) is 1.51. The van der Waals surface area contributed by atoms with Crippen LogP contribution in [-0.2, 0) is 0 Å². The number of halogens is 1. The zero-order chi connectivity index (χ0) is 7.84. The third-order valence-electron chi connectivity index (χ3n) is 1.33. The topological polar surface area (TPSA) is 61.8 Å². The average Bonchev–Trinajstić information content (AvgIpc) is 2.31. The number of aromatic nitrogens is 3. The van der Waals surface area contributed by atoms with E-state index in [1.54, 1.807) is 0 Å². The van der Waals surface area contributed by atoms with E-state index in [1.807, 2.05) is 22.6 Å². The predicted molar refractivity (Wildman–Crippen MR) is 48.3 cm³/mol. The molecule has 0 aliphatic rings. The molecule has 2 rings (SSSR count). The van der Waals surface area contributed by atoms with Gasteiger partial charge in [0.2, 0.25) is 0 Å². The fraction of sp³-hybridized carbons (Fsp3) is 0. The highest BCUT2D eigenvalue weighted by Gasteiger charge is 2.04. The molecule has 2 aromatic heterocycles. The normalized spacial score (nSPS) is 10.6. The van der Waals surface area contributed by atoms with Gasteiger partial charge in [0.25, 0.3) is 0 Å². The van der Waals surface area contributed by atoms with Gasteiger partial charge in [0, 0.05) is 12.3 Å². The van der Waals surface area contributed by atoms with Crippen LogP contribution in [0.5, 0.6) is 5.75 Å². The molecule has 0 bridgehead atoms. The van der Waals surface area contributed by atoms with Crippen LogP contribution in [0, 0.1) is 3.83 Å². The van der Waals surface area contributed by atoms with E-state index in [4.69, 9.17) is 0 Å². The van der Waals surface area contributed by atoms with Gasteiger partial charge in [-0.1, -0.05) is 0 Å². The van der Waals surface area contributed by atoms with Gasteiger partial charge in [0.15, 0.2) is 15.0 Å². The first-order valence-electron chi connectivity index (χ1n) is 2.96. The van der Waals surface area contributed by atoms with E-state index in [0.717, 1.165) is 3.83 Å². The number of aromatic hydroxyl groups is 1. The van der Waals surface area contributed by atoms with Gasteiger partial charge in [-0.2, -0.15) is 0 Å². The molecule has 0 saturated carbocycles. The van der Waals surface area contributed by atoms with Gasteiger partial charge in [-0.3, -0.25) is 0 Å². The van der Waals surface area contributed by atoms with Crippen LogP contribution in [0.2, 0.25) is 0 Å². The van der Waals surface area contributed by atoms with Crippen molar-refractivity contribution in [2.24, 2.45) is 0 Å². The minimum absolute atomic E-state index is 0.161. The van der Waals surface area contributed by atoms with Crippen molar-refractivity contribution in [3.05, 3.63) is 16.1 Å². The molecule has 0 aromatic carbocycles. The van der Waals surface area contributed by atoms with Crippen molar-refractivity contribution < 1.29 is 5.11 Å². The second kappa shape index (κ2) is 2.33. The first kappa shape index (κ1) is 6.84. The molecule has 2 heterocycles. The van der Waals surface area contributed by atoms with Gasteiger partial charge >= 0.3 is 0 Å². The van der Waals surface area contributed by atoms with Crippen LogP contribution in [0.15, 0.2) is 12.3 Å². The fourth-order valence-corrected chi connectivity index (χ4v) is 1.37. The van der Waals surface area contributed by atoms with Crippen molar-refractivity contribution in [3.63, 3.8) is 0 Å². The minimum Gasteiger partial charge on any atom is -0.505 e. The van der Waals surface area contributed by atoms with Crippen molar-refractivity contribution in [2.75, 3.05) is 0 Å². The lowest BCUT2D eigenvalue weighted by molar-refractivity contribution is 0.480. The maximum Gasteiger partial charge on any atom is 0.171 e.